The lowest BCUT2D eigenvalue weighted by molar-refractivity contribution is -0.0930. The van der Waals surface area contributed by atoms with Gasteiger partial charge < -0.3 is 14.9 Å². The van der Waals surface area contributed by atoms with E-state index in [0.29, 0.717) is 0 Å². The number of rotatable bonds is 2. The molecule has 0 spiro atoms. The van der Waals surface area contributed by atoms with E-state index in [0.717, 1.165) is 0 Å². The molecule has 1 aliphatic rings. The molecular formula is C6H12BN3O3. The van der Waals surface area contributed by atoms with Gasteiger partial charge in [-0.25, -0.2) is 0 Å². The van der Waals surface area contributed by atoms with Crippen molar-refractivity contribution in [3.05, 3.63) is 10.4 Å². The minimum atomic E-state index is -1.49. The van der Waals surface area contributed by atoms with Crippen LogP contribution in [0.4, 0.5) is 0 Å². The molecular weight excluding hydrogens is 173 g/mol. The van der Waals surface area contributed by atoms with Crippen LogP contribution in [0, 0.1) is 5.92 Å². The second-order valence-electron chi connectivity index (χ2n) is 3.32. The molecule has 4 unspecified atom stereocenters. The van der Waals surface area contributed by atoms with Gasteiger partial charge in [0.15, 0.2) is 5.72 Å². The van der Waals surface area contributed by atoms with E-state index in [1.807, 2.05) is 0 Å². The fourth-order valence-electron chi connectivity index (χ4n) is 1.49. The topological polar surface area (TPSA) is 98.5 Å². The van der Waals surface area contributed by atoms with Crippen molar-refractivity contribution in [2.45, 2.75) is 24.8 Å². The summed E-state index contributed by atoms with van der Waals surface area (Å²) in [7, 11) is 1.76. The van der Waals surface area contributed by atoms with E-state index in [4.69, 9.17) is 15.4 Å². The largest absolute Gasteiger partial charge is 0.393 e. The Morgan fingerprint density at radius 1 is 1.77 bits per heavy atom. The maximum Gasteiger partial charge on any atom is 0.195 e. The van der Waals surface area contributed by atoms with E-state index in [1.165, 1.54) is 0 Å². The third-order valence-corrected chi connectivity index (χ3v) is 2.53. The highest BCUT2D eigenvalue weighted by atomic mass is 16.6. The number of aliphatic hydroxyl groups is 2. The maximum atomic E-state index is 9.66. The summed E-state index contributed by atoms with van der Waals surface area (Å²) in [6.45, 7) is 1.27. The number of azide groups is 1. The molecule has 0 aromatic carbocycles. The SMILES string of the molecule is BC1OC(CO)(N=[N+]=[N-])C(O)C1C. The predicted octanol–water partition coefficient (Wildman–Crippen LogP) is -1.03. The monoisotopic (exact) mass is 185 g/mol. The standard InChI is InChI=1S/C6H12BN3O3/c1-3-4(12)6(2-11,9-10-8)13-5(3)7/h3-5,11-12H,2,7H2,1H3. The van der Waals surface area contributed by atoms with Gasteiger partial charge >= 0.3 is 0 Å². The second kappa shape index (κ2) is 3.55. The van der Waals surface area contributed by atoms with Crippen molar-refractivity contribution in [1.82, 2.24) is 0 Å². The summed E-state index contributed by atoms with van der Waals surface area (Å²) in [5.74, 6) is -0.155. The summed E-state index contributed by atoms with van der Waals surface area (Å²) in [4.78, 5) is 2.56. The van der Waals surface area contributed by atoms with Gasteiger partial charge in [0.2, 0.25) is 0 Å². The van der Waals surface area contributed by atoms with Crippen LogP contribution < -0.4 is 0 Å². The summed E-state index contributed by atoms with van der Waals surface area (Å²) in [6.07, 6.45) is -0.955. The fourth-order valence-corrected chi connectivity index (χ4v) is 1.49. The lowest BCUT2D eigenvalue weighted by Crippen LogP contribution is -2.42. The van der Waals surface area contributed by atoms with Crippen molar-refractivity contribution in [3.8, 4) is 0 Å². The molecule has 0 bridgehead atoms. The molecule has 6 nitrogen and oxygen atoms in total. The number of hydrogen-bond donors (Lipinski definition) is 2. The molecule has 0 radical (unpaired) electrons. The molecule has 1 aliphatic heterocycles. The lowest BCUT2D eigenvalue weighted by atomic mass is 9.85. The van der Waals surface area contributed by atoms with Crippen molar-refractivity contribution < 1.29 is 14.9 Å². The molecule has 1 fully saturated rings. The highest BCUT2D eigenvalue weighted by Gasteiger charge is 2.50. The molecule has 1 saturated heterocycles. The summed E-state index contributed by atoms with van der Waals surface area (Å²) in [6, 6.07) is -0.229. The summed E-state index contributed by atoms with van der Waals surface area (Å²) in [5.41, 5.74) is 6.78. The highest BCUT2D eigenvalue weighted by Crippen LogP contribution is 2.34. The first kappa shape index (κ1) is 10.3. The highest BCUT2D eigenvalue weighted by molar-refractivity contribution is 6.11. The van der Waals surface area contributed by atoms with Crippen LogP contribution in [0.5, 0.6) is 0 Å². The average molecular weight is 185 g/mol. The molecule has 72 valence electrons. The van der Waals surface area contributed by atoms with E-state index in [2.05, 4.69) is 10.0 Å². The Bertz CT molecular complexity index is 245. The van der Waals surface area contributed by atoms with Gasteiger partial charge in [0.25, 0.3) is 0 Å². The summed E-state index contributed by atoms with van der Waals surface area (Å²) >= 11 is 0. The lowest BCUT2D eigenvalue weighted by Gasteiger charge is -2.24. The van der Waals surface area contributed by atoms with Crippen LogP contribution in [0.3, 0.4) is 0 Å². The Morgan fingerprint density at radius 3 is 2.69 bits per heavy atom. The number of nitrogens with zero attached hydrogens (tertiary/aromatic N) is 3. The van der Waals surface area contributed by atoms with E-state index in [9.17, 15) is 5.11 Å². The van der Waals surface area contributed by atoms with E-state index >= 15 is 0 Å². The van der Waals surface area contributed by atoms with Crippen LogP contribution in [-0.2, 0) is 4.74 Å². The van der Waals surface area contributed by atoms with Gasteiger partial charge in [0, 0.05) is 16.8 Å². The van der Waals surface area contributed by atoms with E-state index < -0.39 is 18.4 Å². The van der Waals surface area contributed by atoms with Crippen molar-refractivity contribution >= 4 is 7.85 Å². The van der Waals surface area contributed by atoms with Gasteiger partial charge in [-0.1, -0.05) is 12.0 Å². The zero-order valence-electron chi connectivity index (χ0n) is 7.58. The minimum Gasteiger partial charge on any atom is -0.393 e. The van der Waals surface area contributed by atoms with Crippen LogP contribution >= 0.6 is 0 Å². The van der Waals surface area contributed by atoms with E-state index in [-0.39, 0.29) is 11.9 Å². The van der Waals surface area contributed by atoms with Gasteiger partial charge in [-0.3, -0.25) is 0 Å². The molecule has 0 aromatic heterocycles. The third kappa shape index (κ3) is 1.51. The van der Waals surface area contributed by atoms with Gasteiger partial charge in [-0.05, 0) is 5.53 Å². The van der Waals surface area contributed by atoms with Gasteiger partial charge in [-0.2, -0.15) is 0 Å². The molecule has 1 rings (SSSR count). The Hall–Kier alpha value is -0.745. The summed E-state index contributed by atoms with van der Waals surface area (Å²) < 4.78 is 5.24. The molecule has 0 aromatic rings. The zero-order valence-corrected chi connectivity index (χ0v) is 7.58. The first-order valence-electron chi connectivity index (χ1n) is 4.10. The normalized spacial score (nSPS) is 44.4. The van der Waals surface area contributed by atoms with Crippen molar-refractivity contribution in [2.75, 3.05) is 6.61 Å². The van der Waals surface area contributed by atoms with Crippen LogP contribution in [0.15, 0.2) is 5.11 Å². The Balaban J connectivity index is 2.95. The molecule has 1 heterocycles. The zero-order chi connectivity index (χ0) is 10.1. The number of aliphatic hydroxyl groups excluding tert-OH is 2. The fraction of sp³-hybridized carbons (Fsp3) is 1.00. The number of hydrogen-bond acceptors (Lipinski definition) is 4. The Kier molecular flexibility index (Phi) is 2.82. The van der Waals surface area contributed by atoms with Gasteiger partial charge in [0.05, 0.1) is 12.7 Å². The molecule has 0 aliphatic carbocycles. The van der Waals surface area contributed by atoms with Crippen LogP contribution in [0.1, 0.15) is 6.92 Å². The van der Waals surface area contributed by atoms with Crippen LogP contribution in [0.25, 0.3) is 10.4 Å². The predicted molar refractivity (Wildman–Crippen MR) is 47.6 cm³/mol. The smallest absolute Gasteiger partial charge is 0.195 e. The van der Waals surface area contributed by atoms with Crippen molar-refractivity contribution in [1.29, 1.82) is 0 Å². The van der Waals surface area contributed by atoms with Gasteiger partial charge in [0.1, 0.15) is 7.85 Å². The van der Waals surface area contributed by atoms with Crippen molar-refractivity contribution in [3.63, 3.8) is 0 Å². The third-order valence-electron chi connectivity index (χ3n) is 2.53. The molecule has 2 N–H and O–H groups in total. The molecule has 7 heteroatoms. The summed E-state index contributed by atoms with van der Waals surface area (Å²) in [5, 5.41) is 22.0. The van der Waals surface area contributed by atoms with Gasteiger partial charge in [-0.15, -0.1) is 0 Å². The minimum absolute atomic E-state index is 0.155. The molecule has 0 amide bonds. The first-order valence-corrected chi connectivity index (χ1v) is 4.10. The Labute approximate surface area is 76.5 Å². The average Bonchev–Trinajstić information content (AvgIpc) is 2.32. The number of ether oxygens (including phenoxy) is 1. The maximum absolute atomic E-state index is 9.66. The molecule has 4 atom stereocenters. The second-order valence-corrected chi connectivity index (χ2v) is 3.32. The van der Waals surface area contributed by atoms with E-state index in [1.54, 1.807) is 14.8 Å². The van der Waals surface area contributed by atoms with Crippen molar-refractivity contribution in [2.24, 2.45) is 11.0 Å². The van der Waals surface area contributed by atoms with Crippen LogP contribution in [0.2, 0.25) is 0 Å². The molecule has 13 heavy (non-hydrogen) atoms. The Morgan fingerprint density at radius 2 is 2.38 bits per heavy atom. The first-order chi connectivity index (χ1) is 6.07. The quantitative estimate of drug-likeness (QED) is 0.249. The molecule has 0 saturated carbocycles. The van der Waals surface area contributed by atoms with Crippen LogP contribution in [-0.4, -0.2) is 42.5 Å².